The van der Waals surface area contributed by atoms with Crippen LogP contribution in [0.25, 0.3) is 0 Å². The lowest BCUT2D eigenvalue weighted by atomic mass is 10.1. The Morgan fingerprint density at radius 1 is 1.53 bits per heavy atom. The van der Waals surface area contributed by atoms with E-state index in [-0.39, 0.29) is 5.82 Å². The lowest BCUT2D eigenvalue weighted by Gasteiger charge is -2.04. The Bertz CT molecular complexity index is 380. The van der Waals surface area contributed by atoms with E-state index in [1.54, 1.807) is 12.1 Å². The number of nitrogens with one attached hydrogen (secondary N) is 1. The van der Waals surface area contributed by atoms with Gasteiger partial charge in [-0.3, -0.25) is 0 Å². The Balaban J connectivity index is 2.55. The molecule has 0 atom stereocenters. The van der Waals surface area contributed by atoms with Crippen molar-refractivity contribution in [3.05, 3.63) is 47.8 Å². The zero-order chi connectivity index (χ0) is 11.1. The fraction of sp³-hybridized carbons (Fsp3) is 0.250. The molecule has 2 nitrogen and oxygen atoms in total. The number of hydrogen-bond acceptors (Lipinski definition) is 2. The van der Waals surface area contributed by atoms with Gasteiger partial charge in [0.25, 0.3) is 0 Å². The molecule has 78 valence electrons. The molecule has 1 N–H and O–H groups in total. The van der Waals surface area contributed by atoms with Crippen molar-refractivity contribution in [2.24, 2.45) is 0 Å². The highest BCUT2D eigenvalue weighted by Crippen LogP contribution is 2.09. The number of benzene rings is 1. The van der Waals surface area contributed by atoms with E-state index in [4.69, 9.17) is 5.26 Å². The van der Waals surface area contributed by atoms with E-state index >= 15 is 0 Å². The van der Waals surface area contributed by atoms with Crippen LogP contribution in [0.5, 0.6) is 0 Å². The average molecular weight is 204 g/mol. The molecule has 15 heavy (non-hydrogen) atoms. The monoisotopic (exact) mass is 204 g/mol. The molecule has 0 fully saturated rings. The summed E-state index contributed by atoms with van der Waals surface area (Å²) in [5.74, 6) is -0.333. The predicted molar refractivity (Wildman–Crippen MR) is 57.6 cm³/mol. The van der Waals surface area contributed by atoms with Crippen LogP contribution in [0, 0.1) is 17.1 Å². The molecule has 1 rings (SSSR count). The maximum absolute atomic E-state index is 13.3. The highest BCUT2D eigenvalue weighted by atomic mass is 19.1. The summed E-state index contributed by atoms with van der Waals surface area (Å²) in [6.07, 6.45) is 2.67. The minimum atomic E-state index is -0.333. The Hall–Kier alpha value is -1.66. The molecular formula is C12H13FN2. The van der Waals surface area contributed by atoms with Gasteiger partial charge in [-0.1, -0.05) is 12.1 Å². The van der Waals surface area contributed by atoms with Crippen molar-refractivity contribution in [3.8, 4) is 6.07 Å². The molecular weight excluding hydrogens is 191 g/mol. The summed E-state index contributed by atoms with van der Waals surface area (Å²) in [5, 5.41) is 11.6. The van der Waals surface area contributed by atoms with Crippen molar-refractivity contribution < 1.29 is 4.39 Å². The number of halogens is 1. The van der Waals surface area contributed by atoms with E-state index < -0.39 is 0 Å². The summed E-state index contributed by atoms with van der Waals surface area (Å²) in [4.78, 5) is 0. The van der Waals surface area contributed by atoms with E-state index in [0.717, 1.165) is 13.0 Å². The van der Waals surface area contributed by atoms with Crippen LogP contribution in [-0.2, 0) is 6.54 Å². The van der Waals surface area contributed by atoms with Crippen molar-refractivity contribution in [2.75, 3.05) is 6.54 Å². The fourth-order valence-electron chi connectivity index (χ4n) is 1.19. The van der Waals surface area contributed by atoms with Gasteiger partial charge >= 0.3 is 0 Å². The summed E-state index contributed by atoms with van der Waals surface area (Å²) in [5.41, 5.74) is 0.931. The number of hydrogen-bond donors (Lipinski definition) is 1. The van der Waals surface area contributed by atoms with E-state index in [1.807, 2.05) is 12.1 Å². The first kappa shape index (κ1) is 11.4. The smallest absolute Gasteiger partial charge is 0.129 e. The van der Waals surface area contributed by atoms with Gasteiger partial charge < -0.3 is 5.32 Å². The molecule has 0 amide bonds. The summed E-state index contributed by atoms with van der Waals surface area (Å²) in [6.45, 7) is 4.85. The number of nitriles is 1. The third kappa shape index (κ3) is 3.53. The standard InChI is InChI=1S/C12H13FN2/c1-2-3-6-15-9-11-5-4-10(8-14)7-12(11)13/h2,4-5,7,15H,1,3,6,9H2. The molecule has 0 radical (unpaired) electrons. The van der Waals surface area contributed by atoms with Crippen LogP contribution >= 0.6 is 0 Å². The van der Waals surface area contributed by atoms with Crippen LogP contribution in [-0.4, -0.2) is 6.54 Å². The molecule has 1 aromatic carbocycles. The van der Waals surface area contributed by atoms with Crippen LogP contribution in [0.15, 0.2) is 30.9 Å². The number of nitrogens with zero attached hydrogens (tertiary/aromatic N) is 1. The molecule has 0 aliphatic carbocycles. The third-order valence-electron chi connectivity index (χ3n) is 2.02. The zero-order valence-corrected chi connectivity index (χ0v) is 8.46. The second-order valence-electron chi connectivity index (χ2n) is 3.17. The van der Waals surface area contributed by atoms with Gasteiger partial charge in [0.05, 0.1) is 11.6 Å². The molecule has 0 aliphatic heterocycles. The van der Waals surface area contributed by atoms with Gasteiger partial charge in [-0.15, -0.1) is 6.58 Å². The van der Waals surface area contributed by atoms with E-state index in [2.05, 4.69) is 11.9 Å². The molecule has 0 bridgehead atoms. The van der Waals surface area contributed by atoms with Crippen molar-refractivity contribution in [2.45, 2.75) is 13.0 Å². The Kier molecular flexibility index (Phi) is 4.52. The van der Waals surface area contributed by atoms with Gasteiger partial charge in [0.1, 0.15) is 5.82 Å². The summed E-state index contributed by atoms with van der Waals surface area (Å²) in [7, 11) is 0. The predicted octanol–water partition coefficient (Wildman–Crippen LogP) is 2.36. The van der Waals surface area contributed by atoms with Gasteiger partial charge in [0.2, 0.25) is 0 Å². The minimum absolute atomic E-state index is 0.333. The molecule has 0 heterocycles. The van der Waals surface area contributed by atoms with Crippen molar-refractivity contribution in [1.29, 1.82) is 5.26 Å². The summed E-state index contributed by atoms with van der Waals surface area (Å²) in [6, 6.07) is 6.40. The molecule has 0 aliphatic rings. The summed E-state index contributed by atoms with van der Waals surface area (Å²) >= 11 is 0. The highest BCUT2D eigenvalue weighted by molar-refractivity contribution is 5.32. The van der Waals surface area contributed by atoms with Gasteiger partial charge in [0.15, 0.2) is 0 Å². The Morgan fingerprint density at radius 3 is 2.93 bits per heavy atom. The second-order valence-corrected chi connectivity index (χ2v) is 3.17. The molecule has 1 aromatic rings. The van der Waals surface area contributed by atoms with Gasteiger partial charge in [-0.2, -0.15) is 5.26 Å². The largest absolute Gasteiger partial charge is 0.312 e. The van der Waals surface area contributed by atoms with E-state index in [9.17, 15) is 4.39 Å². The first-order chi connectivity index (χ1) is 7.27. The van der Waals surface area contributed by atoms with Crippen LogP contribution in [0.3, 0.4) is 0 Å². The molecule has 0 aromatic heterocycles. The molecule has 0 saturated heterocycles. The van der Waals surface area contributed by atoms with Crippen LogP contribution in [0.1, 0.15) is 17.5 Å². The maximum Gasteiger partial charge on any atom is 0.129 e. The van der Waals surface area contributed by atoms with Crippen LogP contribution in [0.4, 0.5) is 4.39 Å². The lowest BCUT2D eigenvalue weighted by molar-refractivity contribution is 0.589. The summed E-state index contributed by atoms with van der Waals surface area (Å²) < 4.78 is 13.3. The Morgan fingerprint density at radius 2 is 2.33 bits per heavy atom. The van der Waals surface area contributed by atoms with Gasteiger partial charge in [0, 0.05) is 12.1 Å². The quantitative estimate of drug-likeness (QED) is 0.590. The van der Waals surface area contributed by atoms with Gasteiger partial charge in [-0.25, -0.2) is 4.39 Å². The van der Waals surface area contributed by atoms with Crippen molar-refractivity contribution in [3.63, 3.8) is 0 Å². The average Bonchev–Trinajstić information content (AvgIpc) is 2.26. The lowest BCUT2D eigenvalue weighted by Crippen LogP contribution is -2.15. The first-order valence-corrected chi connectivity index (χ1v) is 4.78. The van der Waals surface area contributed by atoms with Crippen molar-refractivity contribution in [1.82, 2.24) is 5.32 Å². The molecule has 0 unspecified atom stereocenters. The SMILES string of the molecule is C=CCCNCc1ccc(C#N)cc1F. The van der Waals surface area contributed by atoms with E-state index in [1.165, 1.54) is 6.07 Å². The molecule has 0 saturated carbocycles. The van der Waals surface area contributed by atoms with Gasteiger partial charge in [-0.05, 0) is 25.1 Å². The number of rotatable bonds is 5. The third-order valence-corrected chi connectivity index (χ3v) is 2.02. The first-order valence-electron chi connectivity index (χ1n) is 4.78. The molecule has 0 spiro atoms. The zero-order valence-electron chi connectivity index (χ0n) is 8.46. The van der Waals surface area contributed by atoms with Crippen LogP contribution < -0.4 is 5.32 Å². The maximum atomic E-state index is 13.3. The fourth-order valence-corrected chi connectivity index (χ4v) is 1.19. The molecule has 3 heteroatoms. The second kappa shape index (κ2) is 5.94. The van der Waals surface area contributed by atoms with Crippen LogP contribution in [0.2, 0.25) is 0 Å². The minimum Gasteiger partial charge on any atom is -0.312 e. The Labute approximate surface area is 89.0 Å². The topological polar surface area (TPSA) is 35.8 Å². The van der Waals surface area contributed by atoms with Crippen molar-refractivity contribution >= 4 is 0 Å². The normalized spacial score (nSPS) is 9.60. The highest BCUT2D eigenvalue weighted by Gasteiger charge is 2.02. The van der Waals surface area contributed by atoms with E-state index in [0.29, 0.717) is 17.7 Å².